The number of benzene rings is 1. The minimum Gasteiger partial charge on any atom is -0.385 e. The first-order valence-corrected chi connectivity index (χ1v) is 8.05. The molecule has 1 aromatic rings. The minimum atomic E-state index is -3.44. The molecular formula is C13H20N2O3S. The van der Waals surface area contributed by atoms with Crippen LogP contribution in [0.3, 0.4) is 0 Å². The zero-order valence-electron chi connectivity index (χ0n) is 11.1. The van der Waals surface area contributed by atoms with Crippen LogP contribution < -0.4 is 10.0 Å². The van der Waals surface area contributed by atoms with Crippen molar-refractivity contribution in [3.63, 3.8) is 0 Å². The number of hydrogen-bond acceptors (Lipinski definition) is 4. The third kappa shape index (κ3) is 3.92. The lowest BCUT2D eigenvalue weighted by Crippen LogP contribution is -2.31. The normalized spacial score (nSPS) is 19.5. The SMILES string of the molecule is CCNc1ccc(S(=O)(=O)NCC2CCCO2)cc1. The molecule has 0 aromatic heterocycles. The van der Waals surface area contributed by atoms with Crippen LogP contribution in [0.4, 0.5) is 5.69 Å². The molecule has 1 atom stereocenters. The molecule has 1 aliphatic rings. The highest BCUT2D eigenvalue weighted by atomic mass is 32.2. The predicted octanol–water partition coefficient (Wildman–Crippen LogP) is 1.58. The highest BCUT2D eigenvalue weighted by Gasteiger charge is 2.20. The van der Waals surface area contributed by atoms with Crippen molar-refractivity contribution >= 4 is 15.7 Å². The van der Waals surface area contributed by atoms with E-state index in [1.54, 1.807) is 24.3 Å². The highest BCUT2D eigenvalue weighted by Crippen LogP contribution is 2.15. The number of hydrogen-bond donors (Lipinski definition) is 2. The van der Waals surface area contributed by atoms with E-state index in [2.05, 4.69) is 10.0 Å². The summed E-state index contributed by atoms with van der Waals surface area (Å²) >= 11 is 0. The number of ether oxygens (including phenoxy) is 1. The second kappa shape index (κ2) is 6.36. The van der Waals surface area contributed by atoms with Crippen molar-refractivity contribution in [1.29, 1.82) is 0 Å². The smallest absolute Gasteiger partial charge is 0.240 e. The Kier molecular flexibility index (Phi) is 4.79. The van der Waals surface area contributed by atoms with Gasteiger partial charge in [0.2, 0.25) is 10.0 Å². The molecule has 1 aromatic carbocycles. The van der Waals surface area contributed by atoms with E-state index >= 15 is 0 Å². The molecule has 2 N–H and O–H groups in total. The molecule has 0 radical (unpaired) electrons. The van der Waals surface area contributed by atoms with Crippen molar-refractivity contribution in [1.82, 2.24) is 4.72 Å². The molecule has 1 saturated heterocycles. The molecule has 1 heterocycles. The van der Waals surface area contributed by atoms with Crippen LogP contribution in [-0.4, -0.2) is 34.2 Å². The third-order valence-corrected chi connectivity index (χ3v) is 4.51. The van der Waals surface area contributed by atoms with Gasteiger partial charge in [0.15, 0.2) is 0 Å². The lowest BCUT2D eigenvalue weighted by Gasteiger charge is -2.11. The Hall–Kier alpha value is -1.11. The predicted molar refractivity (Wildman–Crippen MR) is 74.8 cm³/mol. The maximum atomic E-state index is 12.1. The van der Waals surface area contributed by atoms with Crippen LogP contribution in [0.5, 0.6) is 0 Å². The Balaban J connectivity index is 1.97. The lowest BCUT2D eigenvalue weighted by atomic mass is 10.2. The Labute approximate surface area is 114 Å². The standard InChI is InChI=1S/C13H20N2O3S/c1-2-14-11-5-7-13(8-6-11)19(16,17)15-10-12-4-3-9-18-12/h5-8,12,14-15H,2-4,9-10H2,1H3. The van der Waals surface area contributed by atoms with Crippen LogP contribution >= 0.6 is 0 Å². The minimum absolute atomic E-state index is 0.0100. The van der Waals surface area contributed by atoms with E-state index in [0.29, 0.717) is 6.54 Å². The maximum absolute atomic E-state index is 12.1. The number of rotatable bonds is 6. The van der Waals surface area contributed by atoms with E-state index in [-0.39, 0.29) is 11.0 Å². The van der Waals surface area contributed by atoms with Gasteiger partial charge < -0.3 is 10.1 Å². The molecule has 5 nitrogen and oxygen atoms in total. The molecule has 1 unspecified atom stereocenters. The fraction of sp³-hybridized carbons (Fsp3) is 0.538. The molecule has 1 aliphatic heterocycles. The van der Waals surface area contributed by atoms with Gasteiger partial charge in [0, 0.05) is 25.4 Å². The number of anilines is 1. The van der Waals surface area contributed by atoms with Gasteiger partial charge in [-0.15, -0.1) is 0 Å². The molecule has 0 spiro atoms. The summed E-state index contributed by atoms with van der Waals surface area (Å²) in [5.41, 5.74) is 0.917. The first-order chi connectivity index (χ1) is 9.12. The first kappa shape index (κ1) is 14.3. The highest BCUT2D eigenvalue weighted by molar-refractivity contribution is 7.89. The van der Waals surface area contributed by atoms with Gasteiger partial charge in [-0.1, -0.05) is 0 Å². The summed E-state index contributed by atoms with van der Waals surface area (Å²) in [7, 11) is -3.44. The Morgan fingerprint density at radius 1 is 1.32 bits per heavy atom. The topological polar surface area (TPSA) is 67.4 Å². The first-order valence-electron chi connectivity index (χ1n) is 6.57. The average Bonchev–Trinajstić information content (AvgIpc) is 2.91. The Morgan fingerprint density at radius 2 is 2.05 bits per heavy atom. The second-order valence-electron chi connectivity index (χ2n) is 4.54. The van der Waals surface area contributed by atoms with E-state index in [9.17, 15) is 8.42 Å². The molecule has 6 heteroatoms. The molecular weight excluding hydrogens is 264 g/mol. The monoisotopic (exact) mass is 284 g/mol. The molecule has 2 rings (SSSR count). The van der Waals surface area contributed by atoms with Crippen LogP contribution in [0.25, 0.3) is 0 Å². The molecule has 1 fully saturated rings. The zero-order valence-corrected chi connectivity index (χ0v) is 11.9. The summed E-state index contributed by atoms with van der Waals surface area (Å²) in [6.07, 6.45) is 1.93. The quantitative estimate of drug-likeness (QED) is 0.832. The molecule has 19 heavy (non-hydrogen) atoms. The zero-order chi connectivity index (χ0) is 13.7. The van der Waals surface area contributed by atoms with Gasteiger partial charge in [-0.3, -0.25) is 0 Å². The van der Waals surface area contributed by atoms with Gasteiger partial charge in [-0.05, 0) is 44.0 Å². The van der Waals surface area contributed by atoms with Crippen molar-refractivity contribution in [3.05, 3.63) is 24.3 Å². The molecule has 0 aliphatic carbocycles. The number of sulfonamides is 1. The van der Waals surface area contributed by atoms with E-state index in [1.165, 1.54) is 0 Å². The summed E-state index contributed by atoms with van der Waals surface area (Å²) in [6.45, 7) is 3.87. The molecule has 0 saturated carbocycles. The van der Waals surface area contributed by atoms with Gasteiger partial charge in [-0.25, -0.2) is 13.1 Å². The Morgan fingerprint density at radius 3 is 2.63 bits per heavy atom. The van der Waals surface area contributed by atoms with Gasteiger partial charge in [0.25, 0.3) is 0 Å². The Bertz CT molecular complexity index is 493. The van der Waals surface area contributed by atoms with Crippen molar-refractivity contribution in [2.45, 2.75) is 30.8 Å². The van der Waals surface area contributed by atoms with Crippen molar-refractivity contribution in [2.24, 2.45) is 0 Å². The second-order valence-corrected chi connectivity index (χ2v) is 6.31. The van der Waals surface area contributed by atoms with Crippen molar-refractivity contribution < 1.29 is 13.2 Å². The fourth-order valence-electron chi connectivity index (χ4n) is 2.05. The summed E-state index contributed by atoms with van der Waals surface area (Å²) in [6, 6.07) is 6.75. The summed E-state index contributed by atoms with van der Waals surface area (Å²) in [5, 5.41) is 3.13. The number of nitrogens with one attached hydrogen (secondary N) is 2. The van der Waals surface area contributed by atoms with Crippen LogP contribution in [0, 0.1) is 0 Å². The average molecular weight is 284 g/mol. The van der Waals surface area contributed by atoms with Crippen LogP contribution in [-0.2, 0) is 14.8 Å². The largest absolute Gasteiger partial charge is 0.385 e. The molecule has 0 bridgehead atoms. The summed E-state index contributed by atoms with van der Waals surface area (Å²) < 4.78 is 32.1. The summed E-state index contributed by atoms with van der Waals surface area (Å²) in [4.78, 5) is 0.284. The van der Waals surface area contributed by atoms with E-state index in [4.69, 9.17) is 4.74 Å². The van der Waals surface area contributed by atoms with Gasteiger partial charge in [0.05, 0.1) is 11.0 Å². The van der Waals surface area contributed by atoms with Gasteiger partial charge >= 0.3 is 0 Å². The third-order valence-electron chi connectivity index (χ3n) is 3.07. The van der Waals surface area contributed by atoms with Crippen molar-refractivity contribution in [2.75, 3.05) is 25.0 Å². The van der Waals surface area contributed by atoms with Gasteiger partial charge in [0.1, 0.15) is 0 Å². The fourth-order valence-corrected chi connectivity index (χ4v) is 3.11. The van der Waals surface area contributed by atoms with Crippen LogP contribution in [0.15, 0.2) is 29.2 Å². The van der Waals surface area contributed by atoms with E-state index in [1.807, 2.05) is 6.92 Å². The van der Waals surface area contributed by atoms with E-state index < -0.39 is 10.0 Å². The van der Waals surface area contributed by atoms with Gasteiger partial charge in [-0.2, -0.15) is 0 Å². The van der Waals surface area contributed by atoms with Crippen molar-refractivity contribution in [3.8, 4) is 0 Å². The lowest BCUT2D eigenvalue weighted by molar-refractivity contribution is 0.114. The summed E-state index contributed by atoms with van der Waals surface area (Å²) in [5.74, 6) is 0. The molecule has 0 amide bonds. The van der Waals surface area contributed by atoms with Crippen LogP contribution in [0.1, 0.15) is 19.8 Å². The van der Waals surface area contributed by atoms with Crippen LogP contribution in [0.2, 0.25) is 0 Å². The molecule has 106 valence electrons. The van der Waals surface area contributed by atoms with E-state index in [0.717, 1.165) is 31.7 Å². The maximum Gasteiger partial charge on any atom is 0.240 e.